The number of likely N-dealkylation sites (tertiary alicyclic amines) is 1. The summed E-state index contributed by atoms with van der Waals surface area (Å²) >= 11 is 0. The van der Waals surface area contributed by atoms with Gasteiger partial charge in [0.1, 0.15) is 35.3 Å². The van der Waals surface area contributed by atoms with Gasteiger partial charge in [0.05, 0.1) is 24.0 Å². The molecule has 1 aromatic heterocycles. The second kappa shape index (κ2) is 10.9. The van der Waals surface area contributed by atoms with E-state index in [1.165, 1.54) is 31.6 Å². The third-order valence-electron chi connectivity index (χ3n) is 6.79. The Hall–Kier alpha value is -4.73. The average molecular weight is 532 g/mol. The van der Waals surface area contributed by atoms with Crippen LogP contribution in [0.2, 0.25) is 0 Å². The van der Waals surface area contributed by atoms with E-state index >= 15 is 0 Å². The van der Waals surface area contributed by atoms with Crippen LogP contribution in [0, 0.1) is 11.6 Å². The standard InChI is InChI=1S/C29H27F2N5O3/c1-3-28(38)36-10-8-19(9-11-36)34-24-14-21-23(15-26(24)37)32-16-33-29(21)35-25-12-17(4-7-27(25)39-2)20-6-5-18(30)13-22(20)31/h3-7,12-16,19,34,37H,1,8-11H2,2H3,(H,32,33,35). The molecule has 2 heterocycles. The van der Waals surface area contributed by atoms with Crippen LogP contribution in [0.15, 0.2) is 67.5 Å². The topological polar surface area (TPSA) is 99.6 Å². The molecule has 1 aliphatic rings. The summed E-state index contributed by atoms with van der Waals surface area (Å²) in [4.78, 5) is 22.3. The zero-order chi connectivity index (χ0) is 27.5. The first-order chi connectivity index (χ1) is 18.9. The Bertz CT molecular complexity index is 1550. The molecule has 0 unspecified atom stereocenters. The van der Waals surface area contributed by atoms with Crippen molar-refractivity contribution < 1.29 is 23.4 Å². The number of rotatable bonds is 7. The number of nitrogens with one attached hydrogen (secondary N) is 2. The molecule has 0 aliphatic carbocycles. The first kappa shape index (κ1) is 25.9. The Balaban J connectivity index is 1.44. The summed E-state index contributed by atoms with van der Waals surface area (Å²) in [7, 11) is 1.52. The summed E-state index contributed by atoms with van der Waals surface area (Å²) in [5.74, 6) is -0.432. The number of carbonyl (C=O) groups excluding carboxylic acids is 1. The third-order valence-corrected chi connectivity index (χ3v) is 6.79. The molecule has 3 aromatic carbocycles. The molecule has 1 fully saturated rings. The molecule has 0 spiro atoms. The van der Waals surface area contributed by atoms with Crippen LogP contribution in [-0.4, -0.2) is 52.1 Å². The van der Waals surface area contributed by atoms with Gasteiger partial charge in [-0.05, 0) is 54.8 Å². The summed E-state index contributed by atoms with van der Waals surface area (Å²) < 4.78 is 33.4. The second-order valence-electron chi connectivity index (χ2n) is 9.22. The Morgan fingerprint density at radius 3 is 2.62 bits per heavy atom. The lowest BCUT2D eigenvalue weighted by atomic mass is 10.0. The van der Waals surface area contributed by atoms with Crippen LogP contribution < -0.4 is 15.4 Å². The van der Waals surface area contributed by atoms with Gasteiger partial charge < -0.3 is 25.4 Å². The quantitative estimate of drug-likeness (QED) is 0.210. The van der Waals surface area contributed by atoms with Gasteiger partial charge in [0, 0.05) is 42.2 Å². The van der Waals surface area contributed by atoms with E-state index in [-0.39, 0.29) is 23.3 Å². The van der Waals surface area contributed by atoms with Gasteiger partial charge in [-0.25, -0.2) is 18.7 Å². The van der Waals surface area contributed by atoms with Crippen molar-refractivity contribution in [3.8, 4) is 22.6 Å². The van der Waals surface area contributed by atoms with Gasteiger partial charge in [-0.3, -0.25) is 4.79 Å². The minimum Gasteiger partial charge on any atom is -0.506 e. The van der Waals surface area contributed by atoms with Crippen molar-refractivity contribution in [2.24, 2.45) is 0 Å². The van der Waals surface area contributed by atoms with E-state index < -0.39 is 11.6 Å². The molecule has 0 atom stereocenters. The molecular weight excluding hydrogens is 504 g/mol. The maximum atomic E-state index is 14.5. The summed E-state index contributed by atoms with van der Waals surface area (Å²) in [6, 6.07) is 11.9. The van der Waals surface area contributed by atoms with Crippen molar-refractivity contribution in [3.05, 3.63) is 79.1 Å². The highest BCUT2D eigenvalue weighted by Crippen LogP contribution is 2.37. The highest BCUT2D eigenvalue weighted by atomic mass is 19.1. The molecule has 10 heteroatoms. The number of methoxy groups -OCH3 is 1. The maximum Gasteiger partial charge on any atom is 0.245 e. The van der Waals surface area contributed by atoms with Crippen LogP contribution >= 0.6 is 0 Å². The van der Waals surface area contributed by atoms with Crippen molar-refractivity contribution in [2.45, 2.75) is 18.9 Å². The number of piperidine rings is 1. The molecule has 1 aliphatic heterocycles. The summed E-state index contributed by atoms with van der Waals surface area (Å²) in [6.07, 6.45) is 4.13. The number of anilines is 3. The lowest BCUT2D eigenvalue weighted by Gasteiger charge is -2.32. The van der Waals surface area contributed by atoms with Crippen LogP contribution in [-0.2, 0) is 4.79 Å². The number of hydrogen-bond donors (Lipinski definition) is 3. The van der Waals surface area contributed by atoms with Crippen molar-refractivity contribution in [1.29, 1.82) is 0 Å². The second-order valence-corrected chi connectivity index (χ2v) is 9.22. The van der Waals surface area contributed by atoms with Gasteiger partial charge in [-0.15, -0.1) is 0 Å². The predicted molar refractivity (Wildman–Crippen MR) is 146 cm³/mol. The Morgan fingerprint density at radius 1 is 1.10 bits per heavy atom. The number of ether oxygens (including phenoxy) is 1. The zero-order valence-corrected chi connectivity index (χ0v) is 21.2. The van der Waals surface area contributed by atoms with E-state index in [9.17, 15) is 18.7 Å². The lowest BCUT2D eigenvalue weighted by Crippen LogP contribution is -2.41. The number of fused-ring (bicyclic) bond motifs is 1. The number of phenols is 1. The molecular formula is C29H27F2N5O3. The molecule has 0 saturated carbocycles. The molecule has 8 nitrogen and oxygen atoms in total. The third kappa shape index (κ3) is 5.45. The molecule has 4 aromatic rings. The van der Waals surface area contributed by atoms with Gasteiger partial charge in [0.15, 0.2) is 0 Å². The van der Waals surface area contributed by atoms with Crippen molar-refractivity contribution in [2.75, 3.05) is 30.8 Å². The number of phenolic OH excluding ortho intramolecular Hbond substituents is 1. The molecule has 200 valence electrons. The normalized spacial score (nSPS) is 13.8. The van der Waals surface area contributed by atoms with Gasteiger partial charge in [-0.1, -0.05) is 12.6 Å². The number of aromatic nitrogens is 2. The number of nitrogens with zero attached hydrogens (tertiary/aromatic N) is 3. The molecule has 1 saturated heterocycles. The summed E-state index contributed by atoms with van der Waals surface area (Å²) in [5, 5.41) is 17.9. The van der Waals surface area contributed by atoms with E-state index in [2.05, 4.69) is 27.2 Å². The predicted octanol–water partition coefficient (Wildman–Crippen LogP) is 5.62. The van der Waals surface area contributed by atoms with Gasteiger partial charge in [-0.2, -0.15) is 0 Å². The summed E-state index contributed by atoms with van der Waals surface area (Å²) in [5.41, 5.74) is 2.31. The van der Waals surface area contributed by atoms with Crippen LogP contribution in [0.4, 0.5) is 26.0 Å². The Kier molecular flexibility index (Phi) is 7.27. The number of carbonyl (C=O) groups is 1. The molecule has 5 rings (SSSR count). The van der Waals surface area contributed by atoms with Gasteiger partial charge in [0.2, 0.25) is 5.91 Å². The van der Waals surface area contributed by atoms with Crippen LogP contribution in [0.1, 0.15) is 12.8 Å². The zero-order valence-electron chi connectivity index (χ0n) is 21.2. The number of amides is 1. The fourth-order valence-electron chi connectivity index (χ4n) is 4.72. The van der Waals surface area contributed by atoms with Crippen molar-refractivity contribution in [1.82, 2.24) is 14.9 Å². The van der Waals surface area contributed by atoms with E-state index in [1.807, 2.05) is 0 Å². The lowest BCUT2D eigenvalue weighted by molar-refractivity contribution is -0.126. The first-order valence-electron chi connectivity index (χ1n) is 12.4. The molecule has 0 bridgehead atoms. The largest absolute Gasteiger partial charge is 0.506 e. The monoisotopic (exact) mass is 531 g/mol. The van der Waals surface area contributed by atoms with Gasteiger partial charge >= 0.3 is 0 Å². The molecule has 0 radical (unpaired) electrons. The van der Waals surface area contributed by atoms with Crippen LogP contribution in [0.25, 0.3) is 22.0 Å². The number of benzene rings is 3. The Labute approximate surface area is 224 Å². The summed E-state index contributed by atoms with van der Waals surface area (Å²) in [6.45, 7) is 4.73. The van der Waals surface area contributed by atoms with Crippen LogP contribution in [0.5, 0.6) is 11.5 Å². The number of aromatic hydroxyl groups is 1. The van der Waals surface area contributed by atoms with E-state index in [0.717, 1.165) is 18.9 Å². The highest BCUT2D eigenvalue weighted by molar-refractivity contribution is 5.95. The average Bonchev–Trinajstić information content (AvgIpc) is 2.94. The van der Waals surface area contributed by atoms with E-state index in [1.54, 1.807) is 35.2 Å². The Morgan fingerprint density at radius 2 is 1.90 bits per heavy atom. The minimum atomic E-state index is -0.676. The van der Waals surface area contributed by atoms with E-state index in [0.29, 0.717) is 52.5 Å². The first-order valence-corrected chi connectivity index (χ1v) is 12.4. The molecule has 3 N–H and O–H groups in total. The van der Waals surface area contributed by atoms with Gasteiger partial charge in [0.25, 0.3) is 0 Å². The fourth-order valence-corrected chi connectivity index (χ4v) is 4.72. The number of hydrogen-bond acceptors (Lipinski definition) is 7. The smallest absolute Gasteiger partial charge is 0.245 e. The van der Waals surface area contributed by atoms with Crippen molar-refractivity contribution >= 4 is 34.0 Å². The minimum absolute atomic E-state index is 0.0445. The number of halogens is 2. The van der Waals surface area contributed by atoms with Crippen molar-refractivity contribution in [3.63, 3.8) is 0 Å². The van der Waals surface area contributed by atoms with Crippen LogP contribution in [0.3, 0.4) is 0 Å². The van der Waals surface area contributed by atoms with E-state index in [4.69, 9.17) is 4.74 Å². The maximum absolute atomic E-state index is 14.5. The SMILES string of the molecule is C=CC(=O)N1CCC(Nc2cc3c(Nc4cc(-c5ccc(F)cc5F)ccc4OC)ncnc3cc2O)CC1. The molecule has 1 amide bonds. The molecule has 39 heavy (non-hydrogen) atoms. The fraction of sp³-hybridized carbons (Fsp3) is 0.207. The highest BCUT2D eigenvalue weighted by Gasteiger charge is 2.22.